The molecule has 0 spiro atoms. The summed E-state index contributed by atoms with van der Waals surface area (Å²) in [6, 6.07) is 33.4. The van der Waals surface area contributed by atoms with Gasteiger partial charge in [-0.15, -0.1) is 11.8 Å². The summed E-state index contributed by atoms with van der Waals surface area (Å²) in [5.74, 6) is -1.83. The van der Waals surface area contributed by atoms with Crippen molar-refractivity contribution >= 4 is 70.1 Å². The molecule has 248 valence electrons. The predicted molar refractivity (Wildman–Crippen MR) is 189 cm³/mol. The van der Waals surface area contributed by atoms with Gasteiger partial charge in [-0.05, 0) is 77.9 Å². The molecule has 6 nitrogen and oxygen atoms in total. The number of amides is 3. The van der Waals surface area contributed by atoms with Crippen LogP contribution in [0, 0.1) is 0 Å². The van der Waals surface area contributed by atoms with Crippen LogP contribution >= 0.6 is 35.0 Å². The Bertz CT molecular complexity index is 2010. The SMILES string of the molecule is O=C(Nc1cccc(SC(C(=O)Nc2ccc(Cl)cc2C(F)(F)F)c2ccccc2)c1)/C(=C/c1cccc(Cl)c1)NC(=O)c1ccccc1. The molecular weight excluding hydrogens is 694 g/mol. The zero-order chi connectivity index (χ0) is 35.0. The predicted octanol–water partition coefficient (Wildman–Crippen LogP) is 9.89. The van der Waals surface area contributed by atoms with Gasteiger partial charge in [-0.1, -0.05) is 89.9 Å². The molecule has 0 aliphatic heterocycles. The summed E-state index contributed by atoms with van der Waals surface area (Å²) in [5, 5.41) is 7.20. The maximum absolute atomic E-state index is 13.8. The van der Waals surface area contributed by atoms with E-state index in [0.717, 1.165) is 23.9 Å². The highest BCUT2D eigenvalue weighted by molar-refractivity contribution is 8.00. The first-order valence-corrected chi connectivity index (χ1v) is 16.2. The average Bonchev–Trinajstić information content (AvgIpc) is 3.08. The molecule has 0 saturated carbocycles. The van der Waals surface area contributed by atoms with Crippen molar-refractivity contribution in [2.75, 3.05) is 10.6 Å². The Hall–Kier alpha value is -5.03. The quantitative estimate of drug-likeness (QED) is 0.0991. The van der Waals surface area contributed by atoms with Crippen LogP contribution in [0.25, 0.3) is 6.08 Å². The van der Waals surface area contributed by atoms with Crippen LogP contribution in [-0.2, 0) is 15.8 Å². The second-order valence-electron chi connectivity index (χ2n) is 10.5. The zero-order valence-corrected chi connectivity index (χ0v) is 27.6. The van der Waals surface area contributed by atoms with Crippen LogP contribution in [0.1, 0.15) is 32.3 Å². The highest BCUT2D eigenvalue weighted by Gasteiger charge is 2.35. The van der Waals surface area contributed by atoms with Gasteiger partial charge >= 0.3 is 6.18 Å². The Balaban J connectivity index is 1.40. The van der Waals surface area contributed by atoms with E-state index in [1.165, 1.54) is 12.1 Å². The molecule has 1 unspecified atom stereocenters. The van der Waals surface area contributed by atoms with Crippen LogP contribution in [-0.4, -0.2) is 17.7 Å². The molecule has 0 aliphatic rings. The van der Waals surface area contributed by atoms with Crippen molar-refractivity contribution in [2.24, 2.45) is 0 Å². The van der Waals surface area contributed by atoms with Gasteiger partial charge in [-0.2, -0.15) is 13.2 Å². The summed E-state index contributed by atoms with van der Waals surface area (Å²) in [5.41, 5.74) is 0.233. The van der Waals surface area contributed by atoms with Crippen LogP contribution in [0.3, 0.4) is 0 Å². The minimum Gasteiger partial charge on any atom is -0.324 e. The molecule has 12 heteroatoms. The maximum Gasteiger partial charge on any atom is 0.418 e. The number of anilines is 2. The van der Waals surface area contributed by atoms with Crippen LogP contribution in [0.2, 0.25) is 10.0 Å². The molecule has 3 amide bonds. The van der Waals surface area contributed by atoms with Gasteiger partial charge in [0, 0.05) is 26.2 Å². The van der Waals surface area contributed by atoms with E-state index in [0.29, 0.717) is 32.3 Å². The first kappa shape index (κ1) is 35.3. The van der Waals surface area contributed by atoms with E-state index in [1.54, 1.807) is 109 Å². The Morgan fingerprint density at radius 2 is 1.39 bits per heavy atom. The van der Waals surface area contributed by atoms with E-state index in [9.17, 15) is 27.6 Å². The van der Waals surface area contributed by atoms with Crippen molar-refractivity contribution < 1.29 is 27.6 Å². The summed E-state index contributed by atoms with van der Waals surface area (Å²) in [7, 11) is 0. The molecule has 3 N–H and O–H groups in total. The smallest absolute Gasteiger partial charge is 0.324 e. The number of rotatable bonds is 10. The lowest BCUT2D eigenvalue weighted by atomic mass is 10.1. The minimum atomic E-state index is -4.75. The van der Waals surface area contributed by atoms with E-state index >= 15 is 0 Å². The number of benzene rings is 5. The summed E-state index contributed by atoms with van der Waals surface area (Å²) in [6.07, 6.45) is -3.27. The molecule has 5 rings (SSSR count). The third kappa shape index (κ3) is 9.76. The van der Waals surface area contributed by atoms with Gasteiger partial charge in [-0.3, -0.25) is 14.4 Å². The average molecular weight is 721 g/mol. The highest BCUT2D eigenvalue weighted by Crippen LogP contribution is 2.40. The lowest BCUT2D eigenvalue weighted by Crippen LogP contribution is -2.30. The fraction of sp³-hybridized carbons (Fsp3) is 0.0541. The third-order valence-corrected chi connectivity index (χ3v) is 8.64. The topological polar surface area (TPSA) is 87.3 Å². The molecule has 0 heterocycles. The summed E-state index contributed by atoms with van der Waals surface area (Å²) < 4.78 is 41.3. The van der Waals surface area contributed by atoms with Crippen molar-refractivity contribution in [3.63, 3.8) is 0 Å². The van der Waals surface area contributed by atoms with E-state index in [2.05, 4.69) is 16.0 Å². The highest BCUT2D eigenvalue weighted by atomic mass is 35.5. The molecule has 0 saturated heterocycles. The fourth-order valence-electron chi connectivity index (χ4n) is 4.65. The number of hydrogen-bond acceptors (Lipinski definition) is 4. The van der Waals surface area contributed by atoms with Gasteiger partial charge in [0.15, 0.2) is 0 Å². The lowest BCUT2D eigenvalue weighted by molar-refractivity contribution is -0.137. The molecule has 0 fully saturated rings. The van der Waals surface area contributed by atoms with E-state index in [-0.39, 0.29) is 10.7 Å². The van der Waals surface area contributed by atoms with Gasteiger partial charge < -0.3 is 16.0 Å². The number of carbonyl (C=O) groups is 3. The summed E-state index contributed by atoms with van der Waals surface area (Å²) in [6.45, 7) is 0. The number of alkyl halides is 3. The van der Waals surface area contributed by atoms with Gasteiger partial charge in [0.2, 0.25) is 5.91 Å². The Morgan fingerprint density at radius 1 is 0.714 bits per heavy atom. The van der Waals surface area contributed by atoms with Gasteiger partial charge in [0.1, 0.15) is 10.9 Å². The summed E-state index contributed by atoms with van der Waals surface area (Å²) in [4.78, 5) is 40.7. The standard InChI is InChI=1S/C37H26Cl2F3N3O3S/c38-26-14-7-9-23(19-26)20-32(45-34(46)25-12-5-2-6-13-25)35(47)43-28-15-8-16-29(22-28)49-33(24-10-3-1-4-11-24)36(48)44-31-18-17-27(39)21-30(31)37(40,41)42/h1-22,33H,(H,43,47)(H,44,48)(H,45,46)/b32-20-. The third-order valence-electron chi connectivity index (χ3n) is 6.92. The molecule has 1 atom stereocenters. The number of nitrogens with one attached hydrogen (secondary N) is 3. The first-order valence-electron chi connectivity index (χ1n) is 14.6. The van der Waals surface area contributed by atoms with Crippen molar-refractivity contribution in [3.05, 3.63) is 165 Å². The zero-order valence-electron chi connectivity index (χ0n) is 25.3. The molecule has 0 radical (unpaired) electrons. The van der Waals surface area contributed by atoms with Crippen molar-refractivity contribution in [1.29, 1.82) is 0 Å². The first-order chi connectivity index (χ1) is 23.5. The van der Waals surface area contributed by atoms with Crippen molar-refractivity contribution in [1.82, 2.24) is 5.32 Å². The van der Waals surface area contributed by atoms with Crippen LogP contribution < -0.4 is 16.0 Å². The molecular formula is C37H26Cl2F3N3O3S. The number of halogens is 5. The number of thioether (sulfide) groups is 1. The van der Waals surface area contributed by atoms with Gasteiger partial charge in [-0.25, -0.2) is 0 Å². The largest absolute Gasteiger partial charge is 0.418 e. The van der Waals surface area contributed by atoms with Gasteiger partial charge in [0.25, 0.3) is 11.8 Å². The van der Waals surface area contributed by atoms with E-state index in [1.807, 2.05) is 0 Å². The Kier molecular flexibility index (Phi) is 11.5. The second-order valence-corrected chi connectivity index (χ2v) is 12.6. The van der Waals surface area contributed by atoms with Gasteiger partial charge in [0.05, 0.1) is 11.3 Å². The van der Waals surface area contributed by atoms with Crippen molar-refractivity contribution in [2.45, 2.75) is 16.3 Å². The monoisotopic (exact) mass is 719 g/mol. The maximum atomic E-state index is 13.8. The lowest BCUT2D eigenvalue weighted by Gasteiger charge is -2.20. The van der Waals surface area contributed by atoms with Crippen LogP contribution in [0.5, 0.6) is 0 Å². The minimum absolute atomic E-state index is 0.0563. The number of carbonyl (C=O) groups excluding carboxylic acids is 3. The molecule has 5 aromatic carbocycles. The number of hydrogen-bond donors (Lipinski definition) is 3. The molecule has 0 bridgehead atoms. The molecule has 0 aromatic heterocycles. The molecule has 5 aromatic rings. The van der Waals surface area contributed by atoms with E-state index < -0.39 is 40.4 Å². The van der Waals surface area contributed by atoms with Crippen LogP contribution in [0.4, 0.5) is 24.5 Å². The second kappa shape index (κ2) is 15.9. The summed E-state index contributed by atoms with van der Waals surface area (Å²) >= 11 is 13.0. The van der Waals surface area contributed by atoms with Crippen molar-refractivity contribution in [3.8, 4) is 0 Å². The normalized spacial score (nSPS) is 12.1. The Labute approximate surface area is 294 Å². The van der Waals surface area contributed by atoms with Crippen LogP contribution in [0.15, 0.2) is 138 Å². The molecule has 49 heavy (non-hydrogen) atoms. The Morgan fingerprint density at radius 3 is 2.08 bits per heavy atom. The fourth-order valence-corrected chi connectivity index (χ4v) is 6.10. The van der Waals surface area contributed by atoms with E-state index in [4.69, 9.17) is 23.2 Å². The molecule has 0 aliphatic carbocycles.